The molecule has 0 bridgehead atoms. The molecule has 0 aliphatic carbocycles. The molecule has 8 heteroatoms. The standard InChI is InChI=1S/C16H16N6OS/c1-10-5-12(21-23-10)6-17-16-15-14(19-11(2)20-16)3-4-22(15)7-13-8-24-9-18-13/h3-5,8-9H,6-7H2,1-2H3,(H,17,19,20). The number of aromatic nitrogens is 5. The van der Waals surface area contributed by atoms with Crippen molar-refractivity contribution in [2.24, 2.45) is 0 Å². The largest absolute Gasteiger partial charge is 0.362 e. The van der Waals surface area contributed by atoms with E-state index in [0.717, 1.165) is 39.8 Å². The lowest BCUT2D eigenvalue weighted by molar-refractivity contribution is 0.391. The van der Waals surface area contributed by atoms with E-state index in [0.29, 0.717) is 13.1 Å². The molecule has 0 spiro atoms. The van der Waals surface area contributed by atoms with Crippen molar-refractivity contribution < 1.29 is 4.52 Å². The fraction of sp³-hybridized carbons (Fsp3) is 0.250. The topological polar surface area (TPSA) is 81.7 Å². The van der Waals surface area contributed by atoms with Crippen molar-refractivity contribution in [1.82, 2.24) is 24.7 Å². The van der Waals surface area contributed by atoms with E-state index in [-0.39, 0.29) is 0 Å². The molecule has 4 rings (SSSR count). The highest BCUT2D eigenvalue weighted by Gasteiger charge is 2.12. The van der Waals surface area contributed by atoms with Gasteiger partial charge in [0.05, 0.1) is 29.8 Å². The molecule has 0 fully saturated rings. The Labute approximate surface area is 142 Å². The minimum atomic E-state index is 0.546. The van der Waals surface area contributed by atoms with Crippen molar-refractivity contribution in [3.8, 4) is 0 Å². The maximum absolute atomic E-state index is 5.11. The fourth-order valence-corrected chi connectivity index (χ4v) is 3.19. The van der Waals surface area contributed by atoms with E-state index in [2.05, 4.69) is 30.0 Å². The Morgan fingerprint density at radius 2 is 2.17 bits per heavy atom. The van der Waals surface area contributed by atoms with Gasteiger partial charge in [0.1, 0.15) is 22.8 Å². The summed E-state index contributed by atoms with van der Waals surface area (Å²) in [6, 6.07) is 3.91. The summed E-state index contributed by atoms with van der Waals surface area (Å²) in [6.45, 7) is 5.01. The highest BCUT2D eigenvalue weighted by atomic mass is 32.1. The van der Waals surface area contributed by atoms with Gasteiger partial charge in [0.25, 0.3) is 0 Å². The molecule has 122 valence electrons. The van der Waals surface area contributed by atoms with Crippen LogP contribution in [0.5, 0.6) is 0 Å². The normalized spacial score (nSPS) is 11.2. The molecule has 1 N–H and O–H groups in total. The summed E-state index contributed by atoms with van der Waals surface area (Å²) in [5.74, 6) is 2.31. The zero-order chi connectivity index (χ0) is 16.5. The van der Waals surface area contributed by atoms with Crippen molar-refractivity contribution in [2.45, 2.75) is 26.9 Å². The van der Waals surface area contributed by atoms with Crippen LogP contribution in [0.3, 0.4) is 0 Å². The van der Waals surface area contributed by atoms with E-state index in [1.54, 1.807) is 11.3 Å². The molecule has 0 amide bonds. The zero-order valence-electron chi connectivity index (χ0n) is 13.4. The molecular weight excluding hydrogens is 324 g/mol. The van der Waals surface area contributed by atoms with Gasteiger partial charge in [-0.25, -0.2) is 15.0 Å². The molecule has 0 saturated heterocycles. The van der Waals surface area contributed by atoms with Crippen LogP contribution in [-0.2, 0) is 13.1 Å². The average Bonchev–Trinajstić information content (AvgIpc) is 3.28. The first-order valence-electron chi connectivity index (χ1n) is 7.55. The molecule has 7 nitrogen and oxygen atoms in total. The van der Waals surface area contributed by atoms with Crippen LogP contribution in [-0.4, -0.2) is 24.7 Å². The number of hydrogen-bond acceptors (Lipinski definition) is 7. The number of aryl methyl sites for hydroxylation is 2. The summed E-state index contributed by atoms with van der Waals surface area (Å²) in [5, 5.41) is 9.41. The maximum Gasteiger partial charge on any atom is 0.154 e. The van der Waals surface area contributed by atoms with E-state index in [4.69, 9.17) is 4.52 Å². The number of thiazole rings is 1. The highest BCUT2D eigenvalue weighted by Crippen LogP contribution is 2.23. The van der Waals surface area contributed by atoms with Crippen molar-refractivity contribution in [3.05, 3.63) is 52.2 Å². The molecule has 0 aliphatic heterocycles. The first kappa shape index (κ1) is 14.8. The van der Waals surface area contributed by atoms with Crippen LogP contribution in [0, 0.1) is 13.8 Å². The summed E-state index contributed by atoms with van der Waals surface area (Å²) in [4.78, 5) is 13.4. The van der Waals surface area contributed by atoms with Gasteiger partial charge in [-0.3, -0.25) is 0 Å². The smallest absolute Gasteiger partial charge is 0.154 e. The van der Waals surface area contributed by atoms with E-state index >= 15 is 0 Å². The molecule has 0 atom stereocenters. The van der Waals surface area contributed by atoms with Crippen molar-refractivity contribution >= 4 is 28.2 Å². The number of nitrogens with zero attached hydrogens (tertiary/aromatic N) is 5. The third kappa shape index (κ3) is 2.88. The molecular formula is C16H16N6OS. The van der Waals surface area contributed by atoms with Crippen LogP contribution in [0.25, 0.3) is 11.0 Å². The lowest BCUT2D eigenvalue weighted by atomic mass is 10.3. The molecule has 0 aliphatic rings. The van der Waals surface area contributed by atoms with Gasteiger partial charge < -0.3 is 14.4 Å². The number of rotatable bonds is 5. The second-order valence-corrected chi connectivity index (χ2v) is 6.28. The predicted octanol–water partition coefficient (Wildman–Crippen LogP) is 3.15. The van der Waals surface area contributed by atoms with E-state index < -0.39 is 0 Å². The molecule has 4 heterocycles. The SMILES string of the molecule is Cc1nc(NCc2cc(C)on2)c2c(ccn2Cc2cscn2)n1. The van der Waals surface area contributed by atoms with Crippen LogP contribution >= 0.6 is 11.3 Å². The van der Waals surface area contributed by atoms with Crippen molar-refractivity contribution in [2.75, 3.05) is 5.32 Å². The molecule has 0 unspecified atom stereocenters. The summed E-state index contributed by atoms with van der Waals surface area (Å²) in [5.41, 5.74) is 5.59. The highest BCUT2D eigenvalue weighted by molar-refractivity contribution is 7.07. The Kier molecular flexibility index (Phi) is 3.73. The number of hydrogen-bond donors (Lipinski definition) is 1. The Morgan fingerprint density at radius 1 is 1.25 bits per heavy atom. The van der Waals surface area contributed by atoms with Gasteiger partial charge in [-0.15, -0.1) is 11.3 Å². The quantitative estimate of drug-likeness (QED) is 0.601. The lowest BCUT2D eigenvalue weighted by Gasteiger charge is -2.10. The summed E-state index contributed by atoms with van der Waals surface area (Å²) < 4.78 is 7.22. The zero-order valence-corrected chi connectivity index (χ0v) is 14.2. The minimum absolute atomic E-state index is 0.546. The van der Waals surface area contributed by atoms with Gasteiger partial charge in [0.2, 0.25) is 0 Å². The van der Waals surface area contributed by atoms with Crippen molar-refractivity contribution in [3.63, 3.8) is 0 Å². The first-order chi connectivity index (χ1) is 11.7. The Morgan fingerprint density at radius 3 is 2.92 bits per heavy atom. The third-order valence-corrected chi connectivity index (χ3v) is 4.29. The summed E-state index contributed by atoms with van der Waals surface area (Å²) in [7, 11) is 0. The van der Waals surface area contributed by atoms with E-state index in [9.17, 15) is 0 Å². The second kappa shape index (κ2) is 6.04. The molecule has 0 saturated carbocycles. The predicted molar refractivity (Wildman–Crippen MR) is 92.0 cm³/mol. The number of nitrogens with one attached hydrogen (secondary N) is 1. The summed E-state index contributed by atoms with van der Waals surface area (Å²) in [6.07, 6.45) is 2.02. The molecule has 24 heavy (non-hydrogen) atoms. The Hall–Kier alpha value is -2.74. The Balaban J connectivity index is 1.68. The number of anilines is 1. The molecule has 0 radical (unpaired) electrons. The van der Waals surface area contributed by atoms with Crippen LogP contribution in [0.4, 0.5) is 5.82 Å². The van der Waals surface area contributed by atoms with E-state index in [1.165, 1.54) is 0 Å². The fourth-order valence-electron chi connectivity index (χ4n) is 2.64. The van der Waals surface area contributed by atoms with Crippen LogP contribution in [0.2, 0.25) is 0 Å². The average molecular weight is 340 g/mol. The Bertz CT molecular complexity index is 972. The lowest BCUT2D eigenvalue weighted by Crippen LogP contribution is -2.07. The monoisotopic (exact) mass is 340 g/mol. The third-order valence-electron chi connectivity index (χ3n) is 3.65. The molecule has 4 aromatic heterocycles. The maximum atomic E-state index is 5.11. The van der Waals surface area contributed by atoms with Crippen LogP contribution in [0.1, 0.15) is 23.0 Å². The number of fused-ring (bicyclic) bond motifs is 1. The second-order valence-electron chi connectivity index (χ2n) is 5.56. The van der Waals surface area contributed by atoms with Crippen LogP contribution < -0.4 is 5.32 Å². The van der Waals surface area contributed by atoms with Gasteiger partial charge >= 0.3 is 0 Å². The van der Waals surface area contributed by atoms with Gasteiger partial charge in [-0.05, 0) is 19.9 Å². The molecule has 0 aromatic carbocycles. The van der Waals surface area contributed by atoms with E-state index in [1.807, 2.05) is 43.1 Å². The van der Waals surface area contributed by atoms with Crippen LogP contribution in [0.15, 0.2) is 33.7 Å². The van der Waals surface area contributed by atoms with Gasteiger partial charge in [0, 0.05) is 17.6 Å². The summed E-state index contributed by atoms with van der Waals surface area (Å²) >= 11 is 1.59. The first-order valence-corrected chi connectivity index (χ1v) is 8.50. The van der Waals surface area contributed by atoms with Gasteiger partial charge in [-0.1, -0.05) is 5.16 Å². The van der Waals surface area contributed by atoms with Gasteiger partial charge in [0.15, 0.2) is 5.82 Å². The molecule has 4 aromatic rings. The van der Waals surface area contributed by atoms with Gasteiger partial charge in [-0.2, -0.15) is 0 Å². The van der Waals surface area contributed by atoms with Crippen molar-refractivity contribution in [1.29, 1.82) is 0 Å². The minimum Gasteiger partial charge on any atom is -0.362 e.